The van der Waals surface area contributed by atoms with Gasteiger partial charge in [-0.3, -0.25) is 4.79 Å². The van der Waals surface area contributed by atoms with E-state index in [1.165, 1.54) is 17.8 Å². The summed E-state index contributed by atoms with van der Waals surface area (Å²) in [5, 5.41) is 5.25. The highest BCUT2D eigenvalue weighted by molar-refractivity contribution is 7.12. The van der Waals surface area contributed by atoms with Crippen molar-refractivity contribution in [3.8, 4) is 5.75 Å². The number of methoxy groups -OCH3 is 1. The molecule has 94 valence electrons. The summed E-state index contributed by atoms with van der Waals surface area (Å²) in [4.78, 5) is 14.6. The van der Waals surface area contributed by atoms with Crippen LogP contribution >= 0.6 is 11.3 Å². The molecule has 0 radical (unpaired) electrons. The lowest BCUT2D eigenvalue weighted by molar-refractivity contribution is 0.0788. The summed E-state index contributed by atoms with van der Waals surface area (Å²) < 4.78 is 5.09. The lowest BCUT2D eigenvalue weighted by Crippen LogP contribution is -2.38. The zero-order valence-electron chi connectivity index (χ0n) is 10.2. The number of thiophene rings is 1. The van der Waals surface area contributed by atoms with Crippen molar-refractivity contribution in [2.75, 3.05) is 27.2 Å². The predicted molar refractivity (Wildman–Crippen MR) is 68.9 cm³/mol. The summed E-state index contributed by atoms with van der Waals surface area (Å²) in [6.45, 7) is 1.85. The van der Waals surface area contributed by atoms with Gasteiger partial charge in [-0.1, -0.05) is 0 Å². The van der Waals surface area contributed by atoms with Crippen LogP contribution in [0.3, 0.4) is 0 Å². The average Bonchev–Trinajstić information content (AvgIpc) is 2.98. The van der Waals surface area contributed by atoms with Crippen LogP contribution in [0.2, 0.25) is 0 Å². The van der Waals surface area contributed by atoms with Gasteiger partial charge in [0.25, 0.3) is 5.91 Å². The summed E-state index contributed by atoms with van der Waals surface area (Å²) >= 11 is 1.43. The van der Waals surface area contributed by atoms with Gasteiger partial charge >= 0.3 is 0 Å². The molecule has 1 fully saturated rings. The summed E-state index contributed by atoms with van der Waals surface area (Å²) in [7, 11) is 3.47. The molecule has 17 heavy (non-hydrogen) atoms. The Morgan fingerprint density at radius 3 is 3.12 bits per heavy atom. The Labute approximate surface area is 106 Å². The molecule has 0 aliphatic carbocycles. The average molecular weight is 254 g/mol. The predicted octanol–water partition coefficient (Wildman–Crippen LogP) is 1.58. The minimum absolute atomic E-state index is 0.0759. The molecule has 0 spiro atoms. The van der Waals surface area contributed by atoms with Gasteiger partial charge in [-0.2, -0.15) is 0 Å². The Bertz CT molecular complexity index is 386. The minimum atomic E-state index is 0.0759. The van der Waals surface area contributed by atoms with Gasteiger partial charge in [-0.15, -0.1) is 11.3 Å². The molecule has 1 aromatic heterocycles. The number of carbonyl (C=O) groups excluding carboxylic acids is 1. The maximum absolute atomic E-state index is 12.1. The highest BCUT2D eigenvalue weighted by atomic mass is 32.1. The third-order valence-electron chi connectivity index (χ3n) is 3.03. The normalized spacial score (nSPS) is 19.3. The van der Waals surface area contributed by atoms with Crippen LogP contribution in [-0.2, 0) is 0 Å². The van der Waals surface area contributed by atoms with Crippen LogP contribution in [-0.4, -0.2) is 44.1 Å². The van der Waals surface area contributed by atoms with Crippen LogP contribution in [0.15, 0.2) is 11.4 Å². The van der Waals surface area contributed by atoms with Gasteiger partial charge in [-0.05, 0) is 19.4 Å². The molecular formula is C12H18N2O2S. The topological polar surface area (TPSA) is 41.6 Å². The molecule has 1 atom stereocenters. The summed E-state index contributed by atoms with van der Waals surface area (Å²) in [5.41, 5.74) is 0. The Morgan fingerprint density at radius 1 is 1.71 bits per heavy atom. The molecule has 0 bridgehead atoms. The molecule has 1 aromatic rings. The molecule has 1 saturated heterocycles. The van der Waals surface area contributed by atoms with Gasteiger partial charge in [0.2, 0.25) is 0 Å². The van der Waals surface area contributed by atoms with Crippen molar-refractivity contribution in [2.24, 2.45) is 0 Å². The zero-order valence-corrected chi connectivity index (χ0v) is 11.0. The number of hydrogen-bond donors (Lipinski definition) is 1. The standard InChI is InChI=1S/C12H18N2O2S/c1-14(7-9-4-3-5-13-9)12(15)11-6-10(16-2)8-17-11/h6,8-9,13H,3-5,7H2,1-2H3. The highest BCUT2D eigenvalue weighted by Gasteiger charge is 2.20. The number of nitrogens with zero attached hydrogens (tertiary/aromatic N) is 1. The lowest BCUT2D eigenvalue weighted by atomic mass is 10.2. The van der Waals surface area contributed by atoms with E-state index in [-0.39, 0.29) is 5.91 Å². The van der Waals surface area contributed by atoms with E-state index in [0.29, 0.717) is 6.04 Å². The molecule has 1 amide bonds. The van der Waals surface area contributed by atoms with Crippen LogP contribution in [0.25, 0.3) is 0 Å². The Hall–Kier alpha value is -1.07. The fraction of sp³-hybridized carbons (Fsp3) is 0.583. The Balaban J connectivity index is 1.93. The molecule has 4 nitrogen and oxygen atoms in total. The van der Waals surface area contributed by atoms with Crippen LogP contribution in [0.4, 0.5) is 0 Å². The van der Waals surface area contributed by atoms with E-state index in [1.807, 2.05) is 12.4 Å². The van der Waals surface area contributed by atoms with Crippen molar-refractivity contribution in [2.45, 2.75) is 18.9 Å². The first-order valence-corrected chi connectivity index (χ1v) is 6.70. The van der Waals surface area contributed by atoms with Gasteiger partial charge in [0.05, 0.1) is 12.0 Å². The summed E-state index contributed by atoms with van der Waals surface area (Å²) in [5.74, 6) is 0.831. The van der Waals surface area contributed by atoms with E-state index in [1.54, 1.807) is 18.1 Å². The van der Waals surface area contributed by atoms with Crippen LogP contribution in [0.1, 0.15) is 22.5 Å². The molecule has 5 heteroatoms. The van der Waals surface area contributed by atoms with Gasteiger partial charge in [0.1, 0.15) is 5.75 Å². The van der Waals surface area contributed by atoms with Crippen LogP contribution in [0, 0.1) is 0 Å². The fourth-order valence-electron chi connectivity index (χ4n) is 2.05. The van der Waals surface area contributed by atoms with E-state index in [4.69, 9.17) is 4.74 Å². The molecule has 0 saturated carbocycles. The number of carbonyl (C=O) groups is 1. The molecule has 1 aliphatic rings. The van der Waals surface area contributed by atoms with Crippen molar-refractivity contribution in [1.82, 2.24) is 10.2 Å². The maximum atomic E-state index is 12.1. The molecule has 2 heterocycles. The van der Waals surface area contributed by atoms with E-state index < -0.39 is 0 Å². The quantitative estimate of drug-likeness (QED) is 0.887. The van der Waals surface area contributed by atoms with Crippen molar-refractivity contribution in [1.29, 1.82) is 0 Å². The molecule has 0 aromatic carbocycles. The highest BCUT2D eigenvalue weighted by Crippen LogP contribution is 2.22. The van der Waals surface area contributed by atoms with Gasteiger partial charge in [0, 0.05) is 31.1 Å². The Morgan fingerprint density at radius 2 is 2.53 bits per heavy atom. The van der Waals surface area contributed by atoms with Crippen molar-refractivity contribution in [3.63, 3.8) is 0 Å². The fourth-order valence-corrected chi connectivity index (χ4v) is 2.90. The summed E-state index contributed by atoms with van der Waals surface area (Å²) in [6, 6.07) is 2.25. The number of hydrogen-bond acceptors (Lipinski definition) is 4. The number of ether oxygens (including phenoxy) is 1. The largest absolute Gasteiger partial charge is 0.496 e. The van der Waals surface area contributed by atoms with Crippen LogP contribution < -0.4 is 10.1 Å². The van der Waals surface area contributed by atoms with Gasteiger partial charge in [0.15, 0.2) is 0 Å². The molecular weight excluding hydrogens is 236 g/mol. The first-order chi connectivity index (χ1) is 8.20. The second-order valence-electron chi connectivity index (χ2n) is 4.33. The zero-order chi connectivity index (χ0) is 12.3. The smallest absolute Gasteiger partial charge is 0.263 e. The van der Waals surface area contributed by atoms with E-state index >= 15 is 0 Å². The van der Waals surface area contributed by atoms with Crippen molar-refractivity contribution < 1.29 is 9.53 Å². The SMILES string of the molecule is COc1csc(C(=O)N(C)CC2CCCN2)c1. The molecule has 1 aliphatic heterocycles. The first-order valence-electron chi connectivity index (χ1n) is 5.82. The third kappa shape index (κ3) is 2.98. The maximum Gasteiger partial charge on any atom is 0.263 e. The monoisotopic (exact) mass is 254 g/mol. The van der Waals surface area contributed by atoms with Crippen LogP contribution in [0.5, 0.6) is 5.75 Å². The molecule has 1 N–H and O–H groups in total. The summed E-state index contributed by atoms with van der Waals surface area (Å²) in [6.07, 6.45) is 2.37. The number of rotatable bonds is 4. The van der Waals surface area contributed by atoms with Gasteiger partial charge < -0.3 is 15.0 Å². The number of amides is 1. The van der Waals surface area contributed by atoms with Crippen molar-refractivity contribution >= 4 is 17.2 Å². The van der Waals surface area contributed by atoms with E-state index in [0.717, 1.165) is 30.1 Å². The lowest BCUT2D eigenvalue weighted by Gasteiger charge is -2.20. The second-order valence-corrected chi connectivity index (χ2v) is 5.24. The third-order valence-corrected chi connectivity index (χ3v) is 3.92. The second kappa shape index (κ2) is 5.51. The van der Waals surface area contributed by atoms with Crippen molar-refractivity contribution in [3.05, 3.63) is 16.3 Å². The molecule has 1 unspecified atom stereocenters. The number of nitrogens with one attached hydrogen (secondary N) is 1. The van der Waals surface area contributed by atoms with E-state index in [2.05, 4.69) is 5.32 Å². The first kappa shape index (κ1) is 12.4. The van der Waals surface area contributed by atoms with Gasteiger partial charge in [-0.25, -0.2) is 0 Å². The van der Waals surface area contributed by atoms with E-state index in [9.17, 15) is 4.79 Å². The minimum Gasteiger partial charge on any atom is -0.496 e. The Kier molecular flexibility index (Phi) is 4.02. The number of likely N-dealkylation sites (N-methyl/N-ethyl adjacent to an activating group) is 1. The molecule has 2 rings (SSSR count).